The minimum Gasteiger partial charge on any atom is -0.440 e. The summed E-state index contributed by atoms with van der Waals surface area (Å²) < 4.78 is 42.1. The Kier molecular flexibility index (Phi) is 3.25. The lowest BCUT2D eigenvalue weighted by Gasteiger charge is -2.06. The molecular formula is C8H3ClF3N3OS. The van der Waals surface area contributed by atoms with E-state index in [0.717, 1.165) is 11.8 Å². The Labute approximate surface area is 102 Å². The third-order valence-electron chi connectivity index (χ3n) is 1.53. The Morgan fingerprint density at radius 2 is 2.06 bits per heavy atom. The summed E-state index contributed by atoms with van der Waals surface area (Å²) in [7, 11) is 0. The lowest BCUT2D eigenvalue weighted by atomic mass is 10.5. The minimum atomic E-state index is -4.64. The van der Waals surface area contributed by atoms with Gasteiger partial charge in [-0.15, -0.1) is 0 Å². The Bertz CT molecular complexity index is 517. The largest absolute Gasteiger partial charge is 0.451 e. The van der Waals surface area contributed by atoms with Crippen LogP contribution in [0.15, 0.2) is 33.2 Å². The summed E-state index contributed by atoms with van der Waals surface area (Å²) in [5.41, 5.74) is 0. The predicted molar refractivity (Wildman–Crippen MR) is 52.7 cm³/mol. The SMILES string of the molecule is FC(F)(F)c1nc(Cl)cc(Sc2ncco2)n1. The van der Waals surface area contributed by atoms with Crippen molar-refractivity contribution in [3.63, 3.8) is 0 Å². The van der Waals surface area contributed by atoms with Gasteiger partial charge in [0.1, 0.15) is 16.4 Å². The summed E-state index contributed by atoms with van der Waals surface area (Å²) in [5.74, 6) is -1.29. The second kappa shape index (κ2) is 4.53. The van der Waals surface area contributed by atoms with Crippen molar-refractivity contribution in [2.45, 2.75) is 16.4 Å². The monoisotopic (exact) mass is 281 g/mol. The molecule has 0 unspecified atom stereocenters. The van der Waals surface area contributed by atoms with E-state index >= 15 is 0 Å². The van der Waals surface area contributed by atoms with Crippen LogP contribution in [-0.4, -0.2) is 15.0 Å². The molecule has 0 aliphatic carbocycles. The number of hydrogen-bond acceptors (Lipinski definition) is 5. The highest BCUT2D eigenvalue weighted by Crippen LogP contribution is 2.31. The second-order valence-electron chi connectivity index (χ2n) is 2.75. The molecule has 0 amide bonds. The van der Waals surface area contributed by atoms with Gasteiger partial charge in [-0.05, 0) is 11.8 Å². The lowest BCUT2D eigenvalue weighted by Crippen LogP contribution is -2.11. The van der Waals surface area contributed by atoms with Gasteiger partial charge < -0.3 is 4.42 Å². The van der Waals surface area contributed by atoms with E-state index in [1.807, 2.05) is 0 Å². The quantitative estimate of drug-likeness (QED) is 0.791. The minimum absolute atomic E-state index is 0.0137. The van der Waals surface area contributed by atoms with Crippen LogP contribution in [-0.2, 0) is 6.18 Å². The fourth-order valence-corrected chi connectivity index (χ4v) is 1.87. The molecule has 0 atom stereocenters. The van der Waals surface area contributed by atoms with Gasteiger partial charge in [0, 0.05) is 6.07 Å². The molecule has 0 fully saturated rings. The highest BCUT2D eigenvalue weighted by atomic mass is 35.5. The zero-order chi connectivity index (χ0) is 12.5. The average molecular weight is 282 g/mol. The molecule has 9 heteroatoms. The maximum Gasteiger partial charge on any atom is 0.451 e. The third kappa shape index (κ3) is 3.10. The fourth-order valence-electron chi connectivity index (χ4n) is 0.926. The standard InChI is InChI=1S/C8H3ClF3N3OS/c9-4-3-5(17-7-13-1-2-16-7)15-6(14-4)8(10,11)12/h1-3H. The van der Waals surface area contributed by atoms with Crippen LogP contribution < -0.4 is 0 Å². The van der Waals surface area contributed by atoms with Crippen molar-refractivity contribution in [3.8, 4) is 0 Å². The van der Waals surface area contributed by atoms with Crippen molar-refractivity contribution < 1.29 is 17.6 Å². The number of halogens is 4. The van der Waals surface area contributed by atoms with Crippen LogP contribution in [0.1, 0.15) is 5.82 Å². The smallest absolute Gasteiger partial charge is 0.440 e. The molecule has 0 aliphatic rings. The summed E-state index contributed by atoms with van der Waals surface area (Å²) in [6, 6.07) is 1.20. The molecule has 2 heterocycles. The van der Waals surface area contributed by atoms with Crippen molar-refractivity contribution in [1.29, 1.82) is 0 Å². The molecule has 17 heavy (non-hydrogen) atoms. The Hall–Kier alpha value is -1.28. The fraction of sp³-hybridized carbons (Fsp3) is 0.125. The molecule has 90 valence electrons. The summed E-state index contributed by atoms with van der Waals surface area (Å²) in [4.78, 5) is 10.2. The number of oxazole rings is 1. The van der Waals surface area contributed by atoms with E-state index in [4.69, 9.17) is 16.0 Å². The van der Waals surface area contributed by atoms with Crippen LogP contribution in [0, 0.1) is 0 Å². The van der Waals surface area contributed by atoms with Crippen molar-refractivity contribution in [2.24, 2.45) is 0 Å². The number of nitrogens with zero attached hydrogens (tertiary/aromatic N) is 3. The summed E-state index contributed by atoms with van der Waals surface area (Å²) >= 11 is 6.31. The molecule has 0 spiro atoms. The summed E-state index contributed by atoms with van der Waals surface area (Å²) in [6.45, 7) is 0. The zero-order valence-corrected chi connectivity index (χ0v) is 9.47. The first-order valence-electron chi connectivity index (χ1n) is 4.14. The molecule has 2 aromatic heterocycles. The van der Waals surface area contributed by atoms with E-state index in [2.05, 4.69) is 15.0 Å². The summed E-state index contributed by atoms with van der Waals surface area (Å²) in [6.07, 6.45) is -1.97. The van der Waals surface area contributed by atoms with Crippen molar-refractivity contribution in [1.82, 2.24) is 15.0 Å². The number of aromatic nitrogens is 3. The van der Waals surface area contributed by atoms with Gasteiger partial charge in [0.2, 0.25) is 5.82 Å². The van der Waals surface area contributed by atoms with Crippen LogP contribution in [0.25, 0.3) is 0 Å². The van der Waals surface area contributed by atoms with Gasteiger partial charge in [-0.2, -0.15) is 13.2 Å². The predicted octanol–water partition coefficient (Wildman–Crippen LogP) is 3.29. The molecule has 0 N–H and O–H groups in total. The van der Waals surface area contributed by atoms with Gasteiger partial charge in [-0.3, -0.25) is 0 Å². The highest BCUT2D eigenvalue weighted by molar-refractivity contribution is 7.99. The third-order valence-corrected chi connectivity index (χ3v) is 2.51. The molecule has 0 aliphatic heterocycles. The molecule has 4 nitrogen and oxygen atoms in total. The van der Waals surface area contributed by atoms with Crippen molar-refractivity contribution in [3.05, 3.63) is 29.5 Å². The zero-order valence-electron chi connectivity index (χ0n) is 7.90. The van der Waals surface area contributed by atoms with Crippen LogP contribution in [0.3, 0.4) is 0 Å². The molecule has 0 bridgehead atoms. The first-order valence-corrected chi connectivity index (χ1v) is 5.34. The van der Waals surface area contributed by atoms with E-state index in [-0.39, 0.29) is 15.4 Å². The van der Waals surface area contributed by atoms with E-state index in [1.54, 1.807) is 0 Å². The van der Waals surface area contributed by atoms with Crippen LogP contribution in [0.5, 0.6) is 0 Å². The topological polar surface area (TPSA) is 51.8 Å². The van der Waals surface area contributed by atoms with Gasteiger partial charge in [-0.25, -0.2) is 15.0 Å². The van der Waals surface area contributed by atoms with Crippen LogP contribution in [0.2, 0.25) is 5.15 Å². The first kappa shape index (κ1) is 12.2. The highest BCUT2D eigenvalue weighted by Gasteiger charge is 2.35. The van der Waals surface area contributed by atoms with E-state index in [0.29, 0.717) is 0 Å². The van der Waals surface area contributed by atoms with E-state index in [9.17, 15) is 13.2 Å². The van der Waals surface area contributed by atoms with Crippen molar-refractivity contribution in [2.75, 3.05) is 0 Å². The number of rotatable bonds is 2. The van der Waals surface area contributed by atoms with E-state index in [1.165, 1.54) is 18.5 Å². The molecule has 0 saturated heterocycles. The molecular weight excluding hydrogens is 279 g/mol. The maximum atomic E-state index is 12.4. The lowest BCUT2D eigenvalue weighted by molar-refractivity contribution is -0.145. The average Bonchev–Trinajstić information content (AvgIpc) is 2.68. The van der Waals surface area contributed by atoms with Gasteiger partial charge in [0.25, 0.3) is 5.22 Å². The number of hydrogen-bond donors (Lipinski definition) is 0. The second-order valence-corrected chi connectivity index (χ2v) is 4.11. The molecule has 2 rings (SSSR count). The Morgan fingerprint density at radius 1 is 1.29 bits per heavy atom. The first-order chi connectivity index (χ1) is 7.95. The Balaban J connectivity index is 2.32. The van der Waals surface area contributed by atoms with Gasteiger partial charge in [-0.1, -0.05) is 11.6 Å². The van der Waals surface area contributed by atoms with Gasteiger partial charge >= 0.3 is 6.18 Å². The Morgan fingerprint density at radius 3 is 2.65 bits per heavy atom. The molecule has 0 aromatic carbocycles. The van der Waals surface area contributed by atoms with Crippen LogP contribution >= 0.6 is 23.4 Å². The normalized spacial score (nSPS) is 11.8. The van der Waals surface area contributed by atoms with Gasteiger partial charge in [0.15, 0.2) is 0 Å². The van der Waals surface area contributed by atoms with Gasteiger partial charge in [0.05, 0.1) is 6.20 Å². The maximum absolute atomic E-state index is 12.4. The molecule has 0 saturated carbocycles. The van der Waals surface area contributed by atoms with Crippen LogP contribution in [0.4, 0.5) is 13.2 Å². The summed E-state index contributed by atoms with van der Waals surface area (Å²) in [5, 5.41) is -0.103. The number of alkyl halides is 3. The molecule has 0 radical (unpaired) electrons. The van der Waals surface area contributed by atoms with E-state index < -0.39 is 12.0 Å². The van der Waals surface area contributed by atoms with Crippen molar-refractivity contribution >= 4 is 23.4 Å². The molecule has 2 aromatic rings.